The largest absolute Gasteiger partial charge is 0.347 e. The molecule has 0 aliphatic carbocycles. The van der Waals surface area contributed by atoms with E-state index in [1.165, 1.54) is 5.56 Å². The van der Waals surface area contributed by atoms with Crippen LogP contribution in [0.3, 0.4) is 0 Å². The molecule has 0 aliphatic rings. The molecule has 3 rings (SSSR count). The van der Waals surface area contributed by atoms with Gasteiger partial charge in [-0.15, -0.1) is 0 Å². The molecule has 0 spiro atoms. The number of aryl methyl sites for hydroxylation is 2. The molecular weight excluding hydrogens is 326 g/mol. The lowest BCUT2D eigenvalue weighted by Crippen LogP contribution is -2.11. The van der Waals surface area contributed by atoms with E-state index in [2.05, 4.69) is 27.4 Å². The summed E-state index contributed by atoms with van der Waals surface area (Å²) in [5.41, 5.74) is 3.97. The summed E-state index contributed by atoms with van der Waals surface area (Å²) < 4.78 is 3.05. The Morgan fingerprint density at radius 3 is 2.48 bits per heavy atom. The van der Waals surface area contributed by atoms with Gasteiger partial charge in [0.2, 0.25) is 0 Å². The first-order chi connectivity index (χ1) is 10.1. The number of pyridine rings is 1. The Hall–Kier alpha value is -1.87. The first-order valence-corrected chi connectivity index (χ1v) is 7.79. The molecule has 0 unspecified atom stereocenters. The summed E-state index contributed by atoms with van der Waals surface area (Å²) in [6.45, 7) is 4.97. The minimum Gasteiger partial charge on any atom is -0.347 e. The Balaban J connectivity index is 2.36. The normalized spacial score (nSPS) is 11.0. The van der Waals surface area contributed by atoms with Crippen molar-refractivity contribution in [3.63, 3.8) is 0 Å². The summed E-state index contributed by atoms with van der Waals surface area (Å²) in [6.07, 6.45) is 1.96. The fourth-order valence-corrected chi connectivity index (χ4v) is 2.93. The van der Waals surface area contributed by atoms with E-state index in [9.17, 15) is 4.79 Å². The minimum atomic E-state index is 0.0832. The van der Waals surface area contributed by atoms with E-state index in [0.717, 1.165) is 33.0 Å². The third-order valence-corrected chi connectivity index (χ3v) is 4.24. The highest BCUT2D eigenvalue weighted by Gasteiger charge is 2.10. The van der Waals surface area contributed by atoms with Gasteiger partial charge in [-0.3, -0.25) is 4.79 Å². The van der Waals surface area contributed by atoms with Gasteiger partial charge >= 0.3 is 0 Å². The van der Waals surface area contributed by atoms with Crippen molar-refractivity contribution in [1.29, 1.82) is 0 Å². The fraction of sp³-hybridized carbons (Fsp3) is 0.167. The van der Waals surface area contributed by atoms with Gasteiger partial charge in [0.25, 0.3) is 0 Å². The van der Waals surface area contributed by atoms with Crippen LogP contribution in [0, 0.1) is 6.92 Å². The maximum Gasteiger partial charge on any atom is 0.197 e. The number of aromatic nitrogens is 1. The van der Waals surface area contributed by atoms with Crippen LogP contribution in [0.5, 0.6) is 0 Å². The van der Waals surface area contributed by atoms with Gasteiger partial charge in [0.15, 0.2) is 5.43 Å². The lowest BCUT2D eigenvalue weighted by Gasteiger charge is -2.12. The molecule has 0 atom stereocenters. The van der Waals surface area contributed by atoms with Crippen molar-refractivity contribution in [2.45, 2.75) is 20.4 Å². The van der Waals surface area contributed by atoms with E-state index in [-0.39, 0.29) is 5.43 Å². The SMILES string of the molecule is CCn1cc(-c2ccc(C)cc2)c(=O)c2cc(Br)ccc21. The van der Waals surface area contributed by atoms with Gasteiger partial charge in [-0.25, -0.2) is 0 Å². The van der Waals surface area contributed by atoms with Gasteiger partial charge in [-0.05, 0) is 37.6 Å². The number of fused-ring (bicyclic) bond motifs is 1. The maximum absolute atomic E-state index is 12.8. The smallest absolute Gasteiger partial charge is 0.197 e. The zero-order valence-corrected chi connectivity index (χ0v) is 13.6. The van der Waals surface area contributed by atoms with Gasteiger partial charge in [0.05, 0.1) is 5.52 Å². The zero-order valence-electron chi connectivity index (χ0n) is 12.1. The molecule has 0 fully saturated rings. The van der Waals surface area contributed by atoms with E-state index >= 15 is 0 Å². The Kier molecular flexibility index (Phi) is 3.68. The Bertz CT molecular complexity index is 863. The van der Waals surface area contributed by atoms with Crippen LogP contribution in [0.25, 0.3) is 22.0 Å². The van der Waals surface area contributed by atoms with Gasteiger partial charge in [0, 0.05) is 28.2 Å². The molecule has 0 amide bonds. The maximum atomic E-state index is 12.8. The van der Waals surface area contributed by atoms with E-state index in [1.807, 2.05) is 55.6 Å². The molecule has 0 bridgehead atoms. The molecule has 21 heavy (non-hydrogen) atoms. The van der Waals surface area contributed by atoms with Gasteiger partial charge in [0.1, 0.15) is 0 Å². The predicted octanol–water partition coefficient (Wildman–Crippen LogP) is 4.76. The average molecular weight is 342 g/mol. The van der Waals surface area contributed by atoms with Crippen molar-refractivity contribution in [3.05, 3.63) is 68.9 Å². The van der Waals surface area contributed by atoms with E-state index in [0.29, 0.717) is 0 Å². The van der Waals surface area contributed by atoms with Crippen molar-refractivity contribution in [3.8, 4) is 11.1 Å². The van der Waals surface area contributed by atoms with Crippen LogP contribution in [-0.4, -0.2) is 4.57 Å². The summed E-state index contributed by atoms with van der Waals surface area (Å²) in [4.78, 5) is 12.8. The van der Waals surface area contributed by atoms with Crippen molar-refractivity contribution < 1.29 is 0 Å². The topological polar surface area (TPSA) is 22.0 Å². The van der Waals surface area contributed by atoms with Crippen molar-refractivity contribution in [2.24, 2.45) is 0 Å². The monoisotopic (exact) mass is 341 g/mol. The van der Waals surface area contributed by atoms with Gasteiger partial charge in [-0.1, -0.05) is 45.8 Å². The molecule has 0 N–H and O–H groups in total. The van der Waals surface area contributed by atoms with Crippen LogP contribution in [0.1, 0.15) is 12.5 Å². The van der Waals surface area contributed by atoms with Crippen LogP contribution in [0.2, 0.25) is 0 Å². The highest BCUT2D eigenvalue weighted by molar-refractivity contribution is 9.10. The number of hydrogen-bond acceptors (Lipinski definition) is 1. The number of halogens is 1. The van der Waals surface area contributed by atoms with Crippen LogP contribution < -0.4 is 5.43 Å². The molecule has 0 radical (unpaired) electrons. The first kappa shape index (κ1) is 14.1. The lowest BCUT2D eigenvalue weighted by molar-refractivity contribution is 0.789. The zero-order chi connectivity index (χ0) is 15.0. The molecule has 1 heterocycles. The Morgan fingerprint density at radius 1 is 1.10 bits per heavy atom. The van der Waals surface area contributed by atoms with Crippen LogP contribution in [-0.2, 0) is 6.54 Å². The molecule has 3 heteroatoms. The van der Waals surface area contributed by atoms with Gasteiger partial charge < -0.3 is 4.57 Å². The highest BCUT2D eigenvalue weighted by Crippen LogP contribution is 2.23. The predicted molar refractivity (Wildman–Crippen MR) is 91.8 cm³/mol. The molecular formula is C18H16BrNO. The second-order valence-electron chi connectivity index (χ2n) is 5.19. The molecule has 0 aliphatic heterocycles. The van der Waals surface area contributed by atoms with E-state index in [4.69, 9.17) is 0 Å². The number of rotatable bonds is 2. The molecule has 3 aromatic rings. The van der Waals surface area contributed by atoms with Crippen LogP contribution in [0.4, 0.5) is 0 Å². The average Bonchev–Trinajstić information content (AvgIpc) is 2.49. The second kappa shape index (κ2) is 5.49. The minimum absolute atomic E-state index is 0.0832. The molecule has 0 saturated heterocycles. The van der Waals surface area contributed by atoms with Crippen LogP contribution in [0.15, 0.2) is 57.9 Å². The Morgan fingerprint density at radius 2 is 1.81 bits per heavy atom. The molecule has 2 aromatic carbocycles. The van der Waals surface area contributed by atoms with Crippen molar-refractivity contribution >= 4 is 26.8 Å². The molecule has 2 nitrogen and oxygen atoms in total. The van der Waals surface area contributed by atoms with Crippen molar-refractivity contribution in [2.75, 3.05) is 0 Å². The highest BCUT2D eigenvalue weighted by atomic mass is 79.9. The van der Waals surface area contributed by atoms with Crippen LogP contribution >= 0.6 is 15.9 Å². The number of benzene rings is 2. The third kappa shape index (κ3) is 2.54. The third-order valence-electron chi connectivity index (χ3n) is 3.75. The van der Waals surface area contributed by atoms with Gasteiger partial charge in [-0.2, -0.15) is 0 Å². The fourth-order valence-electron chi connectivity index (χ4n) is 2.57. The molecule has 1 aromatic heterocycles. The van der Waals surface area contributed by atoms with E-state index < -0.39 is 0 Å². The summed E-state index contributed by atoms with van der Waals surface area (Å²) in [5, 5.41) is 0.754. The van der Waals surface area contributed by atoms with Crippen molar-refractivity contribution in [1.82, 2.24) is 4.57 Å². The standard InChI is InChI=1S/C18H16BrNO/c1-3-20-11-16(13-6-4-12(2)5-7-13)18(21)15-10-14(19)8-9-17(15)20/h4-11H,3H2,1-2H3. The van der Waals surface area contributed by atoms with E-state index in [1.54, 1.807) is 0 Å². The summed E-state index contributed by atoms with van der Waals surface area (Å²) in [5.74, 6) is 0. The summed E-state index contributed by atoms with van der Waals surface area (Å²) >= 11 is 3.46. The lowest BCUT2D eigenvalue weighted by atomic mass is 10.0. The number of hydrogen-bond donors (Lipinski definition) is 0. The quantitative estimate of drug-likeness (QED) is 0.658. The summed E-state index contributed by atoms with van der Waals surface area (Å²) in [6, 6.07) is 14.0. The molecule has 0 saturated carbocycles. The summed E-state index contributed by atoms with van der Waals surface area (Å²) in [7, 11) is 0. The Labute approximate surface area is 132 Å². The number of nitrogens with zero attached hydrogens (tertiary/aromatic N) is 1. The second-order valence-corrected chi connectivity index (χ2v) is 6.10. The molecule has 106 valence electrons. The first-order valence-electron chi connectivity index (χ1n) is 7.00.